The first-order valence-corrected chi connectivity index (χ1v) is 12.5. The van der Waals surface area contributed by atoms with Crippen molar-refractivity contribution in [2.45, 2.75) is 18.4 Å². The summed E-state index contributed by atoms with van der Waals surface area (Å²) in [7, 11) is -3.60. The van der Waals surface area contributed by atoms with Crippen LogP contribution in [0.5, 0.6) is 11.5 Å². The van der Waals surface area contributed by atoms with Crippen molar-refractivity contribution in [1.29, 1.82) is 0 Å². The lowest BCUT2D eigenvalue weighted by Crippen LogP contribution is -2.37. The number of fused-ring (bicyclic) bond motifs is 1. The summed E-state index contributed by atoms with van der Waals surface area (Å²) in [6.07, 6.45) is 1.40. The largest absolute Gasteiger partial charge is 0.486 e. The number of sulfonamides is 1. The third-order valence-electron chi connectivity index (χ3n) is 5.17. The first kappa shape index (κ1) is 21.1. The maximum atomic E-state index is 13.1. The molecular weight excluding hydrogens is 426 g/mol. The van der Waals surface area contributed by atoms with E-state index in [9.17, 15) is 13.2 Å². The van der Waals surface area contributed by atoms with Crippen molar-refractivity contribution in [3.63, 3.8) is 0 Å². The average molecular weight is 452 g/mol. The fraction of sp³-hybridized carbons (Fsp3) is 0.450. The van der Waals surface area contributed by atoms with Crippen molar-refractivity contribution < 1.29 is 22.7 Å². The van der Waals surface area contributed by atoms with Gasteiger partial charge in [0.1, 0.15) is 23.8 Å². The number of rotatable bonds is 6. The Bertz CT molecular complexity index is 1020. The van der Waals surface area contributed by atoms with Gasteiger partial charge in [-0.25, -0.2) is 8.42 Å². The predicted octanol–water partition coefficient (Wildman–Crippen LogP) is 2.19. The molecule has 0 bridgehead atoms. The number of aromatic amines is 1. The Morgan fingerprint density at radius 3 is 2.77 bits per heavy atom. The Kier molecular flexibility index (Phi) is 6.26. The van der Waals surface area contributed by atoms with Gasteiger partial charge in [-0.3, -0.25) is 4.79 Å². The van der Waals surface area contributed by atoms with Gasteiger partial charge in [0.25, 0.3) is 5.91 Å². The lowest BCUT2D eigenvalue weighted by atomic mass is 10.1. The predicted molar refractivity (Wildman–Crippen MR) is 115 cm³/mol. The summed E-state index contributed by atoms with van der Waals surface area (Å²) in [5.41, 5.74) is 1.11. The van der Waals surface area contributed by atoms with Gasteiger partial charge in [-0.1, -0.05) is 12.1 Å². The number of thioether (sulfide) groups is 1. The number of para-hydroxylation sites is 1. The van der Waals surface area contributed by atoms with E-state index in [-0.39, 0.29) is 16.5 Å². The Hall–Kier alpha value is -2.17. The molecule has 0 aliphatic carbocycles. The number of hydrogen-bond donors (Lipinski definition) is 1. The van der Waals surface area contributed by atoms with Gasteiger partial charge in [-0.05, 0) is 19.1 Å². The molecule has 1 amide bonds. The fourth-order valence-corrected chi connectivity index (χ4v) is 6.12. The molecule has 1 fully saturated rings. The van der Waals surface area contributed by atoms with Crippen LogP contribution >= 0.6 is 11.8 Å². The quantitative estimate of drug-likeness (QED) is 0.724. The molecule has 2 aliphatic rings. The minimum Gasteiger partial charge on any atom is -0.486 e. The lowest BCUT2D eigenvalue weighted by molar-refractivity contribution is 0.0744. The van der Waals surface area contributed by atoms with E-state index in [2.05, 4.69) is 4.98 Å². The number of ether oxygens (including phenoxy) is 2. The first-order chi connectivity index (χ1) is 14.5. The smallest absolute Gasteiger partial charge is 0.270 e. The molecule has 1 aromatic heterocycles. The molecule has 0 unspecified atom stereocenters. The average Bonchev–Trinajstić information content (AvgIpc) is 3.29. The van der Waals surface area contributed by atoms with Gasteiger partial charge in [-0.2, -0.15) is 16.1 Å². The summed E-state index contributed by atoms with van der Waals surface area (Å²) in [6.45, 7) is 4.64. The normalized spacial score (nSPS) is 17.0. The number of aromatic nitrogens is 1. The first-order valence-electron chi connectivity index (χ1n) is 9.94. The molecule has 2 aromatic rings. The monoisotopic (exact) mass is 451 g/mol. The zero-order valence-corrected chi connectivity index (χ0v) is 18.4. The highest BCUT2D eigenvalue weighted by Gasteiger charge is 2.29. The minimum atomic E-state index is -3.60. The van der Waals surface area contributed by atoms with Crippen LogP contribution in [0.1, 0.15) is 23.0 Å². The molecule has 4 rings (SSSR count). The van der Waals surface area contributed by atoms with E-state index in [4.69, 9.17) is 9.47 Å². The van der Waals surface area contributed by atoms with Crippen LogP contribution in [0.2, 0.25) is 0 Å². The topological polar surface area (TPSA) is 91.9 Å². The highest BCUT2D eigenvalue weighted by atomic mass is 32.2. The Balaban J connectivity index is 1.52. The molecule has 0 spiro atoms. The fourth-order valence-electron chi connectivity index (χ4n) is 3.54. The van der Waals surface area contributed by atoms with Crippen LogP contribution in [-0.4, -0.2) is 72.9 Å². The molecule has 1 saturated heterocycles. The van der Waals surface area contributed by atoms with Gasteiger partial charge in [0.05, 0.1) is 0 Å². The molecule has 8 nitrogen and oxygen atoms in total. The summed E-state index contributed by atoms with van der Waals surface area (Å²) in [4.78, 5) is 17.7. The van der Waals surface area contributed by atoms with Crippen molar-refractivity contribution in [3.8, 4) is 11.5 Å². The van der Waals surface area contributed by atoms with Crippen LogP contribution in [0, 0.1) is 0 Å². The standard InChI is InChI=1S/C20H25N3O5S2/c1-2-22(14-15-4-3-5-18-19(15)28-9-8-27-18)20(24)17-12-16(13-21-17)30(25,26)23-6-10-29-11-7-23/h3-5,12-13,21H,2,6-11,14H2,1H3. The molecule has 30 heavy (non-hydrogen) atoms. The highest BCUT2D eigenvalue weighted by Crippen LogP contribution is 2.34. The zero-order chi connectivity index (χ0) is 21.1. The Morgan fingerprint density at radius 1 is 1.23 bits per heavy atom. The second-order valence-corrected chi connectivity index (χ2v) is 10.2. The van der Waals surface area contributed by atoms with Crippen molar-refractivity contribution in [2.24, 2.45) is 0 Å². The molecule has 1 aromatic carbocycles. The molecule has 3 heterocycles. The van der Waals surface area contributed by atoms with E-state index in [1.807, 2.05) is 25.1 Å². The SMILES string of the molecule is CCN(Cc1cccc2c1OCCO2)C(=O)c1cc(S(=O)(=O)N2CCSCC2)c[nH]1. The Labute approximate surface area is 180 Å². The summed E-state index contributed by atoms with van der Waals surface area (Å²) in [6, 6.07) is 7.05. The van der Waals surface area contributed by atoms with Crippen molar-refractivity contribution >= 4 is 27.7 Å². The number of H-pyrrole nitrogens is 1. The van der Waals surface area contributed by atoms with E-state index < -0.39 is 10.0 Å². The number of carbonyl (C=O) groups is 1. The number of amides is 1. The van der Waals surface area contributed by atoms with Gasteiger partial charge >= 0.3 is 0 Å². The summed E-state index contributed by atoms with van der Waals surface area (Å²) < 4.78 is 38.5. The number of benzene rings is 1. The summed E-state index contributed by atoms with van der Waals surface area (Å²) in [5.74, 6) is 2.64. The van der Waals surface area contributed by atoms with E-state index in [0.717, 1.165) is 17.1 Å². The van der Waals surface area contributed by atoms with E-state index in [1.165, 1.54) is 16.6 Å². The van der Waals surface area contributed by atoms with Crippen molar-refractivity contribution in [1.82, 2.24) is 14.2 Å². The van der Waals surface area contributed by atoms with Crippen LogP contribution in [0.4, 0.5) is 0 Å². The van der Waals surface area contributed by atoms with Crippen LogP contribution in [0.25, 0.3) is 0 Å². The third-order valence-corrected chi connectivity index (χ3v) is 7.99. The molecule has 0 atom stereocenters. The van der Waals surface area contributed by atoms with Gasteiger partial charge in [0, 0.05) is 49.4 Å². The molecule has 10 heteroatoms. The molecule has 162 valence electrons. The zero-order valence-electron chi connectivity index (χ0n) is 16.8. The van der Waals surface area contributed by atoms with E-state index in [1.54, 1.807) is 16.7 Å². The van der Waals surface area contributed by atoms with Crippen LogP contribution in [0.15, 0.2) is 35.4 Å². The van der Waals surface area contributed by atoms with Crippen LogP contribution in [0.3, 0.4) is 0 Å². The van der Waals surface area contributed by atoms with Crippen molar-refractivity contribution in [3.05, 3.63) is 41.7 Å². The molecule has 0 radical (unpaired) electrons. The van der Waals surface area contributed by atoms with Crippen LogP contribution < -0.4 is 9.47 Å². The second kappa shape index (κ2) is 8.91. The number of nitrogens with zero attached hydrogens (tertiary/aromatic N) is 2. The third kappa shape index (κ3) is 4.17. The molecular formula is C20H25N3O5S2. The second-order valence-electron chi connectivity index (χ2n) is 7.03. The van der Waals surface area contributed by atoms with Gasteiger partial charge in [-0.15, -0.1) is 0 Å². The molecule has 1 N–H and O–H groups in total. The lowest BCUT2D eigenvalue weighted by Gasteiger charge is -2.25. The van der Waals surface area contributed by atoms with E-state index in [0.29, 0.717) is 50.9 Å². The summed E-state index contributed by atoms with van der Waals surface area (Å²) >= 11 is 1.74. The Morgan fingerprint density at radius 2 is 2.00 bits per heavy atom. The van der Waals surface area contributed by atoms with Crippen molar-refractivity contribution in [2.75, 3.05) is 44.4 Å². The molecule has 0 saturated carbocycles. The van der Waals surface area contributed by atoms with Crippen LogP contribution in [-0.2, 0) is 16.6 Å². The van der Waals surface area contributed by atoms with Gasteiger partial charge < -0.3 is 19.4 Å². The summed E-state index contributed by atoms with van der Waals surface area (Å²) in [5, 5.41) is 0. The van der Waals surface area contributed by atoms with Gasteiger partial charge in [0.2, 0.25) is 10.0 Å². The van der Waals surface area contributed by atoms with E-state index >= 15 is 0 Å². The highest BCUT2D eigenvalue weighted by molar-refractivity contribution is 7.99. The van der Waals surface area contributed by atoms with Gasteiger partial charge in [0.15, 0.2) is 11.5 Å². The maximum Gasteiger partial charge on any atom is 0.270 e. The number of nitrogens with one attached hydrogen (secondary N) is 1. The number of hydrogen-bond acceptors (Lipinski definition) is 6. The number of carbonyl (C=O) groups excluding carboxylic acids is 1. The maximum absolute atomic E-state index is 13.1. The minimum absolute atomic E-state index is 0.127. The molecule has 2 aliphatic heterocycles.